The van der Waals surface area contributed by atoms with Gasteiger partial charge < -0.3 is 23.7 Å². The Morgan fingerprint density at radius 1 is 1.03 bits per heavy atom. The third kappa shape index (κ3) is 4.84. The Morgan fingerprint density at radius 2 is 1.80 bits per heavy atom. The van der Waals surface area contributed by atoms with E-state index in [-0.39, 0.29) is 12.1 Å². The molecule has 2 aromatic carbocycles. The van der Waals surface area contributed by atoms with Gasteiger partial charge in [-0.05, 0) is 60.5 Å². The number of methoxy groups -OCH3 is 1. The van der Waals surface area contributed by atoms with Gasteiger partial charge in [0, 0.05) is 18.6 Å². The number of carbonyl (C=O) groups excluding carboxylic acids is 1. The molecule has 1 aliphatic rings. The van der Waals surface area contributed by atoms with E-state index >= 15 is 0 Å². The fourth-order valence-electron chi connectivity index (χ4n) is 4.14. The molecule has 0 aliphatic carbocycles. The highest BCUT2D eigenvalue weighted by molar-refractivity contribution is 5.96. The number of ether oxygens (including phenoxy) is 3. The number of hydrogen-bond acceptors (Lipinski definition) is 6. The molecule has 1 aliphatic heterocycles. The van der Waals surface area contributed by atoms with Gasteiger partial charge in [0.25, 0.3) is 0 Å². The van der Waals surface area contributed by atoms with Crippen LogP contribution in [0, 0.1) is 6.92 Å². The maximum Gasteiger partial charge on any atom is 0.340 e. The number of aryl methyl sites for hydroxylation is 1. The number of para-hydroxylation sites is 1. The summed E-state index contributed by atoms with van der Waals surface area (Å²) in [4.78, 5) is 18.7. The summed E-state index contributed by atoms with van der Waals surface area (Å²) in [6.45, 7) is 3.93. The molecule has 0 spiro atoms. The molecule has 7 nitrogen and oxygen atoms in total. The van der Waals surface area contributed by atoms with E-state index in [0.717, 1.165) is 47.1 Å². The van der Waals surface area contributed by atoms with E-state index in [9.17, 15) is 4.79 Å². The van der Waals surface area contributed by atoms with Crippen molar-refractivity contribution in [2.45, 2.75) is 19.6 Å². The van der Waals surface area contributed by atoms with Crippen LogP contribution in [0.1, 0.15) is 21.5 Å². The third-order valence-electron chi connectivity index (χ3n) is 6.08. The first-order valence-corrected chi connectivity index (χ1v) is 11.5. The van der Waals surface area contributed by atoms with E-state index in [0.29, 0.717) is 12.2 Å². The lowest BCUT2D eigenvalue weighted by molar-refractivity contribution is 0.0600. The molecule has 4 aromatic rings. The van der Waals surface area contributed by atoms with Crippen LogP contribution < -0.4 is 14.4 Å². The highest BCUT2D eigenvalue weighted by atomic mass is 16.5. The lowest BCUT2D eigenvalue weighted by Gasteiger charge is -2.41. The van der Waals surface area contributed by atoms with Gasteiger partial charge in [-0.15, -0.1) is 0 Å². The molecule has 0 atom stereocenters. The minimum Gasteiger partial charge on any atom is -0.487 e. The SMILES string of the molecule is COC(=O)c1cccc(N2CC(Oc3ccc(COc4cnccc4C)cc3)C2)c1-n1cccc1. The van der Waals surface area contributed by atoms with Crippen molar-refractivity contribution in [3.8, 4) is 17.2 Å². The van der Waals surface area contributed by atoms with E-state index in [1.165, 1.54) is 7.11 Å². The fraction of sp³-hybridized carbons (Fsp3) is 0.214. The summed E-state index contributed by atoms with van der Waals surface area (Å²) in [6, 6.07) is 19.5. The summed E-state index contributed by atoms with van der Waals surface area (Å²) in [5.74, 6) is 1.26. The Morgan fingerprint density at radius 3 is 2.51 bits per heavy atom. The summed E-state index contributed by atoms with van der Waals surface area (Å²) in [7, 11) is 1.40. The predicted octanol–water partition coefficient (Wildman–Crippen LogP) is 4.81. The maximum atomic E-state index is 12.4. The highest BCUT2D eigenvalue weighted by Crippen LogP contribution is 2.33. The topological polar surface area (TPSA) is 65.8 Å². The monoisotopic (exact) mass is 469 g/mol. The van der Waals surface area contributed by atoms with Crippen molar-refractivity contribution in [1.82, 2.24) is 9.55 Å². The lowest BCUT2D eigenvalue weighted by atomic mass is 10.1. The Labute approximate surface area is 204 Å². The second kappa shape index (κ2) is 9.93. The Kier molecular flexibility index (Phi) is 6.39. The van der Waals surface area contributed by atoms with Gasteiger partial charge in [0.1, 0.15) is 24.2 Å². The molecule has 35 heavy (non-hydrogen) atoms. The molecule has 178 valence electrons. The minimum absolute atomic E-state index is 0.0643. The summed E-state index contributed by atoms with van der Waals surface area (Å²) in [5, 5.41) is 0. The quantitative estimate of drug-likeness (QED) is 0.345. The van der Waals surface area contributed by atoms with E-state index in [1.807, 2.05) is 78.5 Å². The maximum absolute atomic E-state index is 12.4. The van der Waals surface area contributed by atoms with Gasteiger partial charge in [0.05, 0.1) is 43.3 Å². The number of rotatable bonds is 8. The van der Waals surface area contributed by atoms with Crippen LogP contribution in [0.4, 0.5) is 5.69 Å². The Bertz CT molecular complexity index is 1300. The first kappa shape index (κ1) is 22.5. The molecule has 0 N–H and O–H groups in total. The van der Waals surface area contributed by atoms with E-state index < -0.39 is 0 Å². The molecule has 1 saturated heterocycles. The Hall–Kier alpha value is -4.26. The van der Waals surface area contributed by atoms with Gasteiger partial charge >= 0.3 is 5.97 Å². The summed E-state index contributed by atoms with van der Waals surface area (Å²) >= 11 is 0. The second-order valence-electron chi connectivity index (χ2n) is 8.47. The molecule has 0 bridgehead atoms. The first-order chi connectivity index (χ1) is 17.1. The zero-order valence-electron chi connectivity index (χ0n) is 19.8. The summed E-state index contributed by atoms with van der Waals surface area (Å²) in [5.41, 5.74) is 4.45. The van der Waals surface area contributed by atoms with E-state index in [1.54, 1.807) is 18.5 Å². The largest absolute Gasteiger partial charge is 0.487 e. The average Bonchev–Trinajstić information content (AvgIpc) is 3.40. The number of anilines is 1. The highest BCUT2D eigenvalue weighted by Gasteiger charge is 2.32. The van der Waals surface area contributed by atoms with Crippen molar-refractivity contribution < 1.29 is 19.0 Å². The van der Waals surface area contributed by atoms with Crippen molar-refractivity contribution in [2.24, 2.45) is 0 Å². The van der Waals surface area contributed by atoms with E-state index in [4.69, 9.17) is 14.2 Å². The molecular formula is C28H27N3O4. The van der Waals surface area contributed by atoms with Crippen molar-refractivity contribution in [3.63, 3.8) is 0 Å². The van der Waals surface area contributed by atoms with Crippen molar-refractivity contribution in [1.29, 1.82) is 0 Å². The van der Waals surface area contributed by atoms with Gasteiger partial charge in [-0.3, -0.25) is 4.98 Å². The van der Waals surface area contributed by atoms with Crippen molar-refractivity contribution in [2.75, 3.05) is 25.1 Å². The number of esters is 1. The molecule has 1 fully saturated rings. The number of hydrogen-bond donors (Lipinski definition) is 0. The van der Waals surface area contributed by atoms with Crippen LogP contribution in [0.15, 0.2) is 85.5 Å². The van der Waals surface area contributed by atoms with Crippen LogP contribution in [-0.2, 0) is 11.3 Å². The van der Waals surface area contributed by atoms with Gasteiger partial charge in [0.2, 0.25) is 0 Å². The first-order valence-electron chi connectivity index (χ1n) is 11.5. The molecule has 2 aromatic heterocycles. The standard InChI is InChI=1S/C28H27N3O4/c1-20-12-13-29-16-26(20)34-19-21-8-10-22(11-9-21)35-23-17-31(18-23)25-7-5-6-24(28(32)33-2)27(25)30-14-3-4-15-30/h3-16,23H,17-19H2,1-2H3. The van der Waals surface area contributed by atoms with Crippen LogP contribution in [0.5, 0.6) is 11.5 Å². The molecule has 0 amide bonds. The molecular weight excluding hydrogens is 442 g/mol. The average molecular weight is 470 g/mol. The van der Waals surface area contributed by atoms with Crippen LogP contribution in [0.25, 0.3) is 5.69 Å². The second-order valence-corrected chi connectivity index (χ2v) is 8.47. The van der Waals surface area contributed by atoms with Crippen LogP contribution >= 0.6 is 0 Å². The Balaban J connectivity index is 1.22. The fourth-order valence-corrected chi connectivity index (χ4v) is 4.14. The molecule has 0 unspecified atom stereocenters. The summed E-state index contributed by atoms with van der Waals surface area (Å²) < 4.78 is 19.0. The number of aromatic nitrogens is 2. The number of nitrogens with zero attached hydrogens (tertiary/aromatic N) is 3. The number of benzene rings is 2. The van der Waals surface area contributed by atoms with Crippen LogP contribution in [0.3, 0.4) is 0 Å². The molecule has 0 radical (unpaired) electrons. The molecule has 0 saturated carbocycles. The number of pyridine rings is 1. The normalized spacial score (nSPS) is 13.3. The zero-order valence-corrected chi connectivity index (χ0v) is 19.8. The lowest BCUT2D eigenvalue weighted by Crippen LogP contribution is -2.54. The predicted molar refractivity (Wildman–Crippen MR) is 133 cm³/mol. The number of carbonyl (C=O) groups is 1. The van der Waals surface area contributed by atoms with E-state index in [2.05, 4.69) is 9.88 Å². The van der Waals surface area contributed by atoms with Gasteiger partial charge in [-0.1, -0.05) is 18.2 Å². The molecule has 3 heterocycles. The molecule has 5 rings (SSSR count). The van der Waals surface area contributed by atoms with Gasteiger partial charge in [0.15, 0.2) is 0 Å². The van der Waals surface area contributed by atoms with Crippen LogP contribution in [-0.4, -0.2) is 41.8 Å². The molecule has 7 heteroatoms. The van der Waals surface area contributed by atoms with Crippen molar-refractivity contribution >= 4 is 11.7 Å². The summed E-state index contributed by atoms with van der Waals surface area (Å²) in [6.07, 6.45) is 7.42. The third-order valence-corrected chi connectivity index (χ3v) is 6.08. The minimum atomic E-state index is -0.355. The zero-order chi connectivity index (χ0) is 24.2. The van der Waals surface area contributed by atoms with Crippen molar-refractivity contribution in [3.05, 3.63) is 102 Å². The van der Waals surface area contributed by atoms with Crippen LogP contribution in [0.2, 0.25) is 0 Å². The van der Waals surface area contributed by atoms with Gasteiger partial charge in [-0.25, -0.2) is 4.79 Å². The van der Waals surface area contributed by atoms with Gasteiger partial charge in [-0.2, -0.15) is 0 Å². The smallest absolute Gasteiger partial charge is 0.340 e.